The van der Waals surface area contributed by atoms with E-state index < -0.39 is 34.3 Å². The molecule has 0 radical (unpaired) electrons. The number of hydrogen-bond donors (Lipinski definition) is 1. The number of amides is 2. The summed E-state index contributed by atoms with van der Waals surface area (Å²) >= 11 is 0. The zero-order valence-corrected chi connectivity index (χ0v) is 26.9. The Labute approximate surface area is 265 Å². The highest BCUT2D eigenvalue weighted by atomic mass is 32.2. The van der Waals surface area contributed by atoms with Crippen molar-refractivity contribution < 1.29 is 22.4 Å². The van der Waals surface area contributed by atoms with E-state index in [1.54, 1.807) is 42.5 Å². The van der Waals surface area contributed by atoms with Gasteiger partial charge >= 0.3 is 0 Å². The maximum Gasteiger partial charge on any atom is 0.264 e. The summed E-state index contributed by atoms with van der Waals surface area (Å²) in [5.41, 5.74) is 3.45. The molecule has 45 heavy (non-hydrogen) atoms. The molecule has 0 unspecified atom stereocenters. The van der Waals surface area contributed by atoms with Gasteiger partial charge in [0, 0.05) is 19.0 Å². The summed E-state index contributed by atoms with van der Waals surface area (Å²) in [6.07, 6.45) is 0.885. The topological polar surface area (TPSA) is 86.8 Å². The van der Waals surface area contributed by atoms with E-state index in [-0.39, 0.29) is 29.8 Å². The van der Waals surface area contributed by atoms with Crippen LogP contribution in [-0.2, 0) is 32.6 Å². The smallest absolute Gasteiger partial charge is 0.264 e. The summed E-state index contributed by atoms with van der Waals surface area (Å²) in [6.45, 7) is 6.98. The molecule has 1 N–H and O–H groups in total. The van der Waals surface area contributed by atoms with Crippen molar-refractivity contribution >= 4 is 27.5 Å². The minimum Gasteiger partial charge on any atom is -0.352 e. The van der Waals surface area contributed by atoms with Crippen LogP contribution in [0.15, 0.2) is 108 Å². The van der Waals surface area contributed by atoms with Crippen LogP contribution in [0.3, 0.4) is 0 Å². The molecular weight excluding hydrogens is 589 g/mol. The van der Waals surface area contributed by atoms with Crippen LogP contribution >= 0.6 is 0 Å². The third-order valence-corrected chi connectivity index (χ3v) is 9.43. The zero-order valence-electron chi connectivity index (χ0n) is 26.1. The first kappa shape index (κ1) is 33.4. The lowest BCUT2D eigenvalue weighted by atomic mass is 10.0. The largest absolute Gasteiger partial charge is 0.352 e. The zero-order chi connectivity index (χ0) is 32.6. The van der Waals surface area contributed by atoms with E-state index in [1.165, 1.54) is 29.2 Å². The summed E-state index contributed by atoms with van der Waals surface area (Å²) in [6, 6.07) is 27.3. The fourth-order valence-electron chi connectivity index (χ4n) is 5.12. The van der Waals surface area contributed by atoms with Crippen molar-refractivity contribution in [1.82, 2.24) is 10.2 Å². The molecule has 0 aliphatic carbocycles. The van der Waals surface area contributed by atoms with Gasteiger partial charge in [-0.15, -0.1) is 0 Å². The summed E-state index contributed by atoms with van der Waals surface area (Å²) < 4.78 is 43.2. The van der Waals surface area contributed by atoms with Gasteiger partial charge in [-0.2, -0.15) is 0 Å². The van der Waals surface area contributed by atoms with E-state index in [1.807, 2.05) is 64.1 Å². The number of aryl methyl sites for hydroxylation is 2. The van der Waals surface area contributed by atoms with Crippen LogP contribution in [0.1, 0.15) is 42.5 Å². The van der Waals surface area contributed by atoms with Crippen molar-refractivity contribution in [2.75, 3.05) is 10.8 Å². The summed E-state index contributed by atoms with van der Waals surface area (Å²) in [5, 5.41) is 3.01. The molecule has 4 rings (SSSR count). The molecule has 4 aromatic rings. The third kappa shape index (κ3) is 8.79. The van der Waals surface area contributed by atoms with Gasteiger partial charge in [-0.1, -0.05) is 73.7 Å². The molecule has 9 heteroatoms. The normalized spacial score (nSPS) is 12.6. The molecule has 0 aliphatic heterocycles. The van der Waals surface area contributed by atoms with Crippen LogP contribution in [0.2, 0.25) is 0 Å². The Morgan fingerprint density at radius 1 is 0.822 bits per heavy atom. The minimum absolute atomic E-state index is 0.0311. The quantitative estimate of drug-likeness (QED) is 0.191. The molecule has 0 heterocycles. The van der Waals surface area contributed by atoms with Gasteiger partial charge < -0.3 is 10.2 Å². The number of benzene rings is 4. The summed E-state index contributed by atoms with van der Waals surface area (Å²) in [7, 11) is -4.19. The number of nitrogens with one attached hydrogen (secondary N) is 1. The Hall–Kier alpha value is -4.50. The van der Waals surface area contributed by atoms with Crippen LogP contribution in [0.4, 0.5) is 10.1 Å². The molecule has 0 saturated heterocycles. The highest BCUT2D eigenvalue weighted by Gasteiger charge is 2.35. The molecule has 0 aromatic heterocycles. The van der Waals surface area contributed by atoms with E-state index in [2.05, 4.69) is 5.32 Å². The molecule has 0 bridgehead atoms. The molecule has 0 fully saturated rings. The lowest BCUT2D eigenvalue weighted by Crippen LogP contribution is -2.54. The fraction of sp³-hybridized carbons (Fsp3) is 0.278. The van der Waals surface area contributed by atoms with Gasteiger partial charge in [0.2, 0.25) is 11.8 Å². The van der Waals surface area contributed by atoms with Crippen molar-refractivity contribution in [2.45, 2.75) is 64.1 Å². The fourth-order valence-corrected chi connectivity index (χ4v) is 6.54. The number of hydrogen-bond acceptors (Lipinski definition) is 4. The maximum absolute atomic E-state index is 14.5. The second-order valence-corrected chi connectivity index (χ2v) is 13.2. The predicted molar refractivity (Wildman–Crippen MR) is 176 cm³/mol. The van der Waals surface area contributed by atoms with Crippen LogP contribution in [0, 0.1) is 19.7 Å². The summed E-state index contributed by atoms with van der Waals surface area (Å²) in [4.78, 5) is 29.8. The maximum atomic E-state index is 14.5. The number of anilines is 1. The first-order chi connectivity index (χ1) is 21.5. The SMILES string of the molecule is CC[C@@H](C)NC(=O)[C@@H](Cc1ccccc1)N(Cc1ccc(F)cc1)C(=O)CN(c1cc(C)cc(C)c1)S(=O)(=O)c1ccccc1. The van der Waals surface area contributed by atoms with E-state index in [9.17, 15) is 22.4 Å². The molecular formula is C36H40FN3O4S. The number of rotatable bonds is 13. The third-order valence-electron chi connectivity index (χ3n) is 7.64. The molecule has 0 saturated carbocycles. The van der Waals surface area contributed by atoms with Gasteiger partial charge in [0.15, 0.2) is 0 Å². The molecule has 236 valence electrons. The van der Waals surface area contributed by atoms with Crippen LogP contribution in [-0.4, -0.2) is 43.8 Å². The van der Waals surface area contributed by atoms with Crippen molar-refractivity contribution in [1.29, 1.82) is 0 Å². The van der Waals surface area contributed by atoms with Gasteiger partial charge in [0.05, 0.1) is 10.6 Å². The predicted octanol–water partition coefficient (Wildman–Crippen LogP) is 6.19. The molecule has 2 atom stereocenters. The van der Waals surface area contributed by atoms with Crippen molar-refractivity contribution in [3.05, 3.63) is 131 Å². The van der Waals surface area contributed by atoms with Crippen molar-refractivity contribution in [2.24, 2.45) is 0 Å². The highest BCUT2D eigenvalue weighted by molar-refractivity contribution is 7.92. The molecule has 7 nitrogen and oxygen atoms in total. The average molecular weight is 630 g/mol. The van der Waals surface area contributed by atoms with E-state index in [4.69, 9.17) is 0 Å². The van der Waals surface area contributed by atoms with Gasteiger partial charge in [0.25, 0.3) is 10.0 Å². The number of carbonyl (C=O) groups is 2. The van der Waals surface area contributed by atoms with Gasteiger partial charge in [-0.05, 0) is 85.8 Å². The van der Waals surface area contributed by atoms with E-state index in [0.29, 0.717) is 17.7 Å². The van der Waals surface area contributed by atoms with E-state index >= 15 is 0 Å². The number of halogens is 1. The molecule has 4 aromatic carbocycles. The summed E-state index contributed by atoms with van der Waals surface area (Å²) in [5.74, 6) is -1.35. The van der Waals surface area contributed by atoms with Crippen molar-refractivity contribution in [3.8, 4) is 0 Å². The van der Waals surface area contributed by atoms with Crippen LogP contribution in [0.25, 0.3) is 0 Å². The Morgan fingerprint density at radius 3 is 1.98 bits per heavy atom. The standard InChI is InChI=1S/C36H40FN3O4S/c1-5-28(4)38-36(42)34(23-29-12-8-6-9-13-29)39(24-30-16-18-31(37)19-17-30)35(41)25-40(32-21-26(2)20-27(3)22-32)45(43,44)33-14-10-7-11-15-33/h6-22,28,34H,5,23-25H2,1-4H3,(H,38,42)/t28-,34-/m1/s1. The Balaban J connectivity index is 1.82. The van der Waals surface area contributed by atoms with E-state index in [0.717, 1.165) is 21.0 Å². The Kier molecular flexibility index (Phi) is 11.1. The number of sulfonamides is 1. The lowest BCUT2D eigenvalue weighted by molar-refractivity contribution is -0.140. The molecule has 0 aliphatic rings. The first-order valence-corrected chi connectivity index (χ1v) is 16.5. The first-order valence-electron chi connectivity index (χ1n) is 15.0. The average Bonchev–Trinajstić information content (AvgIpc) is 3.02. The Bertz CT molecular complexity index is 1680. The lowest BCUT2D eigenvalue weighted by Gasteiger charge is -2.34. The Morgan fingerprint density at radius 2 is 1.40 bits per heavy atom. The minimum atomic E-state index is -4.19. The molecule has 2 amide bonds. The van der Waals surface area contributed by atoms with Gasteiger partial charge in [-0.25, -0.2) is 12.8 Å². The monoisotopic (exact) mass is 629 g/mol. The van der Waals surface area contributed by atoms with Gasteiger partial charge in [-0.3, -0.25) is 13.9 Å². The number of nitrogens with zero attached hydrogens (tertiary/aromatic N) is 2. The van der Waals surface area contributed by atoms with Crippen LogP contribution in [0.5, 0.6) is 0 Å². The van der Waals surface area contributed by atoms with Crippen molar-refractivity contribution in [3.63, 3.8) is 0 Å². The second kappa shape index (κ2) is 15.0. The number of carbonyl (C=O) groups excluding carboxylic acids is 2. The molecule has 0 spiro atoms. The van der Waals surface area contributed by atoms with Gasteiger partial charge in [0.1, 0.15) is 18.4 Å². The van der Waals surface area contributed by atoms with Crippen LogP contribution < -0.4 is 9.62 Å². The second-order valence-electron chi connectivity index (χ2n) is 11.3. The highest BCUT2D eigenvalue weighted by Crippen LogP contribution is 2.27.